The molecule has 1 aromatic heterocycles. The number of sulfonamides is 1. The van der Waals surface area contributed by atoms with Gasteiger partial charge < -0.3 is 9.73 Å². The van der Waals surface area contributed by atoms with Crippen LogP contribution < -0.4 is 10.0 Å². The highest BCUT2D eigenvalue weighted by atomic mass is 35.5. The zero-order valence-electron chi connectivity index (χ0n) is 8.99. The Labute approximate surface area is 100 Å². The van der Waals surface area contributed by atoms with E-state index in [0.717, 1.165) is 0 Å². The highest BCUT2D eigenvalue weighted by Gasteiger charge is 2.07. The van der Waals surface area contributed by atoms with Crippen molar-refractivity contribution < 1.29 is 12.8 Å². The Balaban J connectivity index is 2.22. The van der Waals surface area contributed by atoms with E-state index in [1.165, 1.54) is 0 Å². The average molecular weight is 267 g/mol. The van der Waals surface area contributed by atoms with E-state index in [1.807, 2.05) is 0 Å². The van der Waals surface area contributed by atoms with Crippen molar-refractivity contribution in [1.29, 1.82) is 0 Å². The van der Waals surface area contributed by atoms with Crippen LogP contribution in [-0.2, 0) is 16.6 Å². The Morgan fingerprint density at radius 2 is 2.19 bits per heavy atom. The summed E-state index contributed by atoms with van der Waals surface area (Å²) in [6.45, 7) is 2.99. The Morgan fingerprint density at radius 1 is 1.44 bits per heavy atom. The second kappa shape index (κ2) is 6.24. The van der Waals surface area contributed by atoms with Crippen LogP contribution in [-0.4, -0.2) is 27.3 Å². The standard InChI is InChI=1S/C9H15ClN2O3S/c1-2-12-16(13,14)6-5-11-7-8-3-4-9(10)15-8/h3-4,11-12H,2,5-7H2,1H3. The highest BCUT2D eigenvalue weighted by molar-refractivity contribution is 7.89. The van der Waals surface area contributed by atoms with Crippen molar-refractivity contribution in [2.75, 3.05) is 18.8 Å². The number of hydrogen-bond donors (Lipinski definition) is 2. The maximum Gasteiger partial charge on any atom is 0.212 e. The molecule has 5 nitrogen and oxygen atoms in total. The molecule has 1 aromatic rings. The Bertz CT molecular complexity index is 416. The summed E-state index contributed by atoms with van der Waals surface area (Å²) in [7, 11) is -3.15. The van der Waals surface area contributed by atoms with Crippen LogP contribution in [0, 0.1) is 0 Å². The summed E-state index contributed by atoms with van der Waals surface area (Å²) >= 11 is 5.59. The van der Waals surface area contributed by atoms with Gasteiger partial charge in [0, 0.05) is 13.1 Å². The van der Waals surface area contributed by atoms with E-state index in [0.29, 0.717) is 30.6 Å². The van der Waals surface area contributed by atoms with E-state index in [4.69, 9.17) is 16.0 Å². The Hall–Kier alpha value is -0.560. The maximum atomic E-state index is 11.3. The number of halogens is 1. The van der Waals surface area contributed by atoms with Crippen molar-refractivity contribution >= 4 is 21.6 Å². The lowest BCUT2D eigenvalue weighted by Gasteiger charge is -2.04. The van der Waals surface area contributed by atoms with Gasteiger partial charge in [0.05, 0.1) is 12.3 Å². The summed E-state index contributed by atoms with van der Waals surface area (Å²) in [6.07, 6.45) is 0. The molecule has 92 valence electrons. The van der Waals surface area contributed by atoms with Crippen LogP contribution in [0.4, 0.5) is 0 Å². The fraction of sp³-hybridized carbons (Fsp3) is 0.556. The first-order chi connectivity index (χ1) is 7.53. The summed E-state index contributed by atoms with van der Waals surface area (Å²) in [6, 6.07) is 3.39. The van der Waals surface area contributed by atoms with Crippen LogP contribution in [0.25, 0.3) is 0 Å². The zero-order chi connectivity index (χ0) is 12.0. The minimum atomic E-state index is -3.15. The number of hydrogen-bond acceptors (Lipinski definition) is 4. The molecule has 0 atom stereocenters. The highest BCUT2D eigenvalue weighted by Crippen LogP contribution is 2.12. The molecule has 2 N–H and O–H groups in total. The molecule has 0 spiro atoms. The summed E-state index contributed by atoms with van der Waals surface area (Å²) in [5.74, 6) is 0.737. The quantitative estimate of drug-likeness (QED) is 0.721. The minimum Gasteiger partial charge on any atom is -0.448 e. The third-order valence-corrected chi connectivity index (χ3v) is 3.51. The summed E-state index contributed by atoms with van der Waals surface area (Å²) in [5.41, 5.74) is 0. The van der Waals surface area contributed by atoms with Gasteiger partial charge in [-0.1, -0.05) is 6.92 Å². The SMILES string of the molecule is CCNS(=O)(=O)CCNCc1ccc(Cl)o1. The predicted molar refractivity (Wildman–Crippen MR) is 62.9 cm³/mol. The largest absolute Gasteiger partial charge is 0.448 e. The van der Waals surface area contributed by atoms with E-state index >= 15 is 0 Å². The van der Waals surface area contributed by atoms with Gasteiger partial charge >= 0.3 is 0 Å². The number of rotatable bonds is 7. The zero-order valence-corrected chi connectivity index (χ0v) is 10.6. The van der Waals surface area contributed by atoms with Gasteiger partial charge in [0.2, 0.25) is 10.0 Å². The van der Waals surface area contributed by atoms with Crippen LogP contribution in [0.2, 0.25) is 5.22 Å². The normalized spacial score (nSPS) is 11.9. The Kier molecular flexibility index (Phi) is 5.27. The lowest BCUT2D eigenvalue weighted by Crippen LogP contribution is -2.31. The van der Waals surface area contributed by atoms with Crippen molar-refractivity contribution in [3.05, 3.63) is 23.1 Å². The minimum absolute atomic E-state index is 0.0509. The van der Waals surface area contributed by atoms with Crippen molar-refractivity contribution in [2.24, 2.45) is 0 Å². The van der Waals surface area contributed by atoms with Crippen LogP contribution in [0.5, 0.6) is 0 Å². The van der Waals surface area contributed by atoms with Crippen LogP contribution in [0.1, 0.15) is 12.7 Å². The fourth-order valence-electron chi connectivity index (χ4n) is 1.16. The summed E-state index contributed by atoms with van der Waals surface area (Å²) in [5, 5.41) is 3.29. The number of furan rings is 1. The van der Waals surface area contributed by atoms with Crippen molar-refractivity contribution in [1.82, 2.24) is 10.0 Å². The molecule has 16 heavy (non-hydrogen) atoms. The van der Waals surface area contributed by atoms with Gasteiger partial charge in [0.1, 0.15) is 5.76 Å². The summed E-state index contributed by atoms with van der Waals surface area (Å²) < 4.78 is 30.0. The van der Waals surface area contributed by atoms with E-state index in [2.05, 4.69) is 10.0 Å². The molecular formula is C9H15ClN2O3S. The number of nitrogens with one attached hydrogen (secondary N) is 2. The van der Waals surface area contributed by atoms with Crippen molar-refractivity contribution in [2.45, 2.75) is 13.5 Å². The maximum absolute atomic E-state index is 11.3. The topological polar surface area (TPSA) is 71.3 Å². The molecule has 7 heteroatoms. The molecule has 0 saturated heterocycles. The van der Waals surface area contributed by atoms with Gasteiger partial charge in [0.25, 0.3) is 0 Å². The molecule has 0 amide bonds. The van der Waals surface area contributed by atoms with Gasteiger partial charge in [-0.3, -0.25) is 0 Å². The van der Waals surface area contributed by atoms with Crippen LogP contribution in [0.3, 0.4) is 0 Å². The predicted octanol–water partition coefficient (Wildman–Crippen LogP) is 0.962. The van der Waals surface area contributed by atoms with E-state index in [9.17, 15) is 8.42 Å². The molecule has 1 rings (SSSR count). The molecule has 0 aliphatic heterocycles. The smallest absolute Gasteiger partial charge is 0.212 e. The molecule has 0 aliphatic carbocycles. The first-order valence-electron chi connectivity index (χ1n) is 4.96. The lowest BCUT2D eigenvalue weighted by molar-refractivity contribution is 0.488. The van der Waals surface area contributed by atoms with Gasteiger partial charge in [-0.05, 0) is 23.7 Å². The molecule has 0 bridgehead atoms. The molecule has 1 heterocycles. The fourth-order valence-corrected chi connectivity index (χ4v) is 2.32. The molecule has 0 unspecified atom stereocenters. The van der Waals surface area contributed by atoms with Crippen molar-refractivity contribution in [3.8, 4) is 0 Å². The van der Waals surface area contributed by atoms with Gasteiger partial charge in [-0.15, -0.1) is 0 Å². The molecule has 0 fully saturated rings. The molecule has 0 radical (unpaired) electrons. The molecule has 0 saturated carbocycles. The first kappa shape index (κ1) is 13.5. The van der Waals surface area contributed by atoms with Gasteiger partial charge in [-0.2, -0.15) is 0 Å². The van der Waals surface area contributed by atoms with E-state index in [1.54, 1.807) is 19.1 Å². The second-order valence-corrected chi connectivity index (χ2v) is 5.50. The Morgan fingerprint density at radius 3 is 2.75 bits per heavy atom. The molecule has 0 aliphatic rings. The van der Waals surface area contributed by atoms with Crippen LogP contribution >= 0.6 is 11.6 Å². The van der Waals surface area contributed by atoms with E-state index in [-0.39, 0.29) is 5.75 Å². The monoisotopic (exact) mass is 266 g/mol. The molecular weight excluding hydrogens is 252 g/mol. The summed E-state index contributed by atoms with van der Waals surface area (Å²) in [4.78, 5) is 0. The third kappa shape index (κ3) is 4.98. The van der Waals surface area contributed by atoms with Gasteiger partial charge in [-0.25, -0.2) is 13.1 Å². The second-order valence-electron chi connectivity index (χ2n) is 3.20. The first-order valence-corrected chi connectivity index (χ1v) is 6.99. The van der Waals surface area contributed by atoms with E-state index < -0.39 is 10.0 Å². The lowest BCUT2D eigenvalue weighted by atomic mass is 10.4. The molecule has 0 aromatic carbocycles. The van der Waals surface area contributed by atoms with Gasteiger partial charge in [0.15, 0.2) is 5.22 Å². The average Bonchev–Trinajstić information content (AvgIpc) is 2.59. The van der Waals surface area contributed by atoms with Crippen LogP contribution in [0.15, 0.2) is 16.5 Å². The third-order valence-electron chi connectivity index (χ3n) is 1.84. The van der Waals surface area contributed by atoms with Crippen molar-refractivity contribution in [3.63, 3.8) is 0 Å².